The van der Waals surface area contributed by atoms with Crippen molar-refractivity contribution in [2.45, 2.75) is 19.9 Å². The lowest BCUT2D eigenvalue weighted by molar-refractivity contribution is 0.476. The molecule has 0 saturated carbocycles. The first kappa shape index (κ1) is 14.1. The minimum absolute atomic E-state index is 0.201. The molecule has 0 radical (unpaired) electrons. The molecule has 0 bridgehead atoms. The highest BCUT2D eigenvalue weighted by atomic mass is 35.5. The quantitative estimate of drug-likeness (QED) is 0.561. The topological polar surface area (TPSA) is 51.2 Å². The molecule has 0 aliphatic heterocycles. The summed E-state index contributed by atoms with van der Waals surface area (Å²) in [6, 6.07) is 13.8. The van der Waals surface area contributed by atoms with Crippen LogP contribution in [0.15, 0.2) is 46.9 Å². The van der Waals surface area contributed by atoms with Gasteiger partial charge in [-0.25, -0.2) is 5.43 Å². The molecule has 0 aliphatic rings. The fraction of sp³-hybridized carbons (Fsp3) is 0.176. The minimum Gasteiger partial charge on any atom is -0.457 e. The summed E-state index contributed by atoms with van der Waals surface area (Å²) < 4.78 is 5.93. The van der Waals surface area contributed by atoms with Gasteiger partial charge in [-0.15, -0.1) is 0 Å². The van der Waals surface area contributed by atoms with Gasteiger partial charge in [0.15, 0.2) is 5.58 Å². The third-order valence-corrected chi connectivity index (χ3v) is 4.01. The lowest BCUT2D eigenvalue weighted by Crippen LogP contribution is -2.29. The van der Waals surface area contributed by atoms with Crippen LogP contribution in [-0.2, 0) is 0 Å². The van der Waals surface area contributed by atoms with Gasteiger partial charge >= 0.3 is 0 Å². The van der Waals surface area contributed by atoms with Crippen LogP contribution in [0.2, 0.25) is 5.02 Å². The van der Waals surface area contributed by atoms with Crippen molar-refractivity contribution in [1.29, 1.82) is 0 Å². The lowest BCUT2D eigenvalue weighted by Gasteiger charge is -2.17. The summed E-state index contributed by atoms with van der Waals surface area (Å²) in [6.07, 6.45) is 0. The number of para-hydroxylation sites is 1. The van der Waals surface area contributed by atoms with E-state index in [1.807, 2.05) is 24.3 Å². The highest BCUT2D eigenvalue weighted by molar-refractivity contribution is 6.34. The molecular formula is C17H17ClN2O. The number of halogens is 1. The van der Waals surface area contributed by atoms with E-state index in [4.69, 9.17) is 21.9 Å². The molecule has 21 heavy (non-hydrogen) atoms. The van der Waals surface area contributed by atoms with Crippen molar-refractivity contribution in [3.05, 3.63) is 69.9 Å². The Morgan fingerprint density at radius 1 is 1.14 bits per heavy atom. The van der Waals surface area contributed by atoms with Crippen molar-refractivity contribution >= 4 is 22.6 Å². The Labute approximate surface area is 128 Å². The first-order valence-corrected chi connectivity index (χ1v) is 7.19. The Morgan fingerprint density at radius 3 is 2.67 bits per heavy atom. The number of hydrazine groups is 1. The van der Waals surface area contributed by atoms with Crippen molar-refractivity contribution in [2.75, 3.05) is 0 Å². The standard InChI is InChI=1S/C17H17ClN2O/c1-10-6-7-11(2)13(8-10)16(20-19)15-9-12-4-3-5-14(18)17(12)21-15/h3-9,16,20H,19H2,1-2H3. The first-order valence-electron chi connectivity index (χ1n) is 6.81. The summed E-state index contributed by atoms with van der Waals surface area (Å²) >= 11 is 6.18. The summed E-state index contributed by atoms with van der Waals surface area (Å²) in [5.74, 6) is 6.53. The number of nitrogens with two attached hydrogens (primary N) is 1. The molecule has 4 heteroatoms. The maximum absolute atomic E-state index is 6.18. The van der Waals surface area contributed by atoms with E-state index in [9.17, 15) is 0 Å². The van der Waals surface area contributed by atoms with Gasteiger partial charge in [-0.1, -0.05) is 47.5 Å². The van der Waals surface area contributed by atoms with Crippen molar-refractivity contribution in [2.24, 2.45) is 5.84 Å². The Balaban J connectivity index is 2.13. The Kier molecular flexibility index (Phi) is 3.72. The van der Waals surface area contributed by atoms with E-state index in [2.05, 4.69) is 37.5 Å². The predicted molar refractivity (Wildman–Crippen MR) is 86.3 cm³/mol. The molecule has 0 aliphatic carbocycles. The van der Waals surface area contributed by atoms with Gasteiger partial charge in [0, 0.05) is 5.39 Å². The number of aryl methyl sites for hydroxylation is 2. The van der Waals surface area contributed by atoms with Crippen molar-refractivity contribution < 1.29 is 4.42 Å². The molecule has 108 valence electrons. The average molecular weight is 301 g/mol. The number of nitrogens with one attached hydrogen (secondary N) is 1. The summed E-state index contributed by atoms with van der Waals surface area (Å²) in [4.78, 5) is 0. The van der Waals surface area contributed by atoms with E-state index in [1.54, 1.807) is 0 Å². The van der Waals surface area contributed by atoms with Crippen LogP contribution in [-0.4, -0.2) is 0 Å². The third kappa shape index (κ3) is 2.56. The zero-order valence-electron chi connectivity index (χ0n) is 12.0. The number of benzene rings is 2. The Morgan fingerprint density at radius 2 is 1.95 bits per heavy atom. The fourth-order valence-electron chi connectivity index (χ4n) is 2.59. The lowest BCUT2D eigenvalue weighted by atomic mass is 9.97. The smallest absolute Gasteiger partial charge is 0.152 e. The van der Waals surface area contributed by atoms with Gasteiger partial charge in [0.25, 0.3) is 0 Å². The van der Waals surface area contributed by atoms with Crippen LogP contribution < -0.4 is 11.3 Å². The molecule has 0 spiro atoms. The zero-order valence-corrected chi connectivity index (χ0v) is 12.7. The fourth-order valence-corrected chi connectivity index (χ4v) is 2.81. The second-order valence-electron chi connectivity index (χ2n) is 5.27. The molecule has 3 aromatic rings. The summed E-state index contributed by atoms with van der Waals surface area (Å²) in [6.45, 7) is 4.13. The monoisotopic (exact) mass is 300 g/mol. The second kappa shape index (κ2) is 5.53. The largest absolute Gasteiger partial charge is 0.457 e. The molecule has 0 saturated heterocycles. The maximum Gasteiger partial charge on any atom is 0.152 e. The molecule has 1 atom stereocenters. The van der Waals surface area contributed by atoms with Crippen LogP contribution in [0, 0.1) is 13.8 Å². The average Bonchev–Trinajstić information content (AvgIpc) is 2.89. The molecule has 3 rings (SSSR count). The molecule has 1 heterocycles. The minimum atomic E-state index is -0.201. The highest BCUT2D eigenvalue weighted by Crippen LogP contribution is 2.32. The molecule has 1 unspecified atom stereocenters. The van der Waals surface area contributed by atoms with Crippen LogP contribution >= 0.6 is 11.6 Å². The van der Waals surface area contributed by atoms with E-state index in [1.165, 1.54) is 5.56 Å². The van der Waals surface area contributed by atoms with E-state index in [0.717, 1.165) is 22.3 Å². The number of rotatable bonds is 3. The number of hydrogen-bond donors (Lipinski definition) is 2. The van der Waals surface area contributed by atoms with Gasteiger partial charge in [-0.2, -0.15) is 0 Å². The highest BCUT2D eigenvalue weighted by Gasteiger charge is 2.20. The van der Waals surface area contributed by atoms with Crippen LogP contribution in [0.5, 0.6) is 0 Å². The normalized spacial score (nSPS) is 12.8. The van der Waals surface area contributed by atoms with Crippen molar-refractivity contribution in [3.63, 3.8) is 0 Å². The van der Waals surface area contributed by atoms with Crippen LogP contribution in [0.4, 0.5) is 0 Å². The number of furan rings is 1. The molecule has 0 fully saturated rings. The molecule has 3 nitrogen and oxygen atoms in total. The summed E-state index contributed by atoms with van der Waals surface area (Å²) in [5.41, 5.74) is 6.99. The van der Waals surface area contributed by atoms with Crippen molar-refractivity contribution in [1.82, 2.24) is 5.43 Å². The first-order chi connectivity index (χ1) is 10.1. The van der Waals surface area contributed by atoms with E-state index in [-0.39, 0.29) is 6.04 Å². The number of hydrogen-bond acceptors (Lipinski definition) is 3. The molecule has 1 aromatic heterocycles. The van der Waals surface area contributed by atoms with E-state index >= 15 is 0 Å². The van der Waals surface area contributed by atoms with Crippen LogP contribution in [0.3, 0.4) is 0 Å². The van der Waals surface area contributed by atoms with E-state index in [0.29, 0.717) is 10.6 Å². The van der Waals surface area contributed by atoms with Gasteiger partial charge in [0.2, 0.25) is 0 Å². The van der Waals surface area contributed by atoms with Crippen LogP contribution in [0.25, 0.3) is 11.0 Å². The van der Waals surface area contributed by atoms with Crippen molar-refractivity contribution in [3.8, 4) is 0 Å². The molecule has 2 aromatic carbocycles. The second-order valence-corrected chi connectivity index (χ2v) is 5.67. The molecular weight excluding hydrogens is 284 g/mol. The van der Waals surface area contributed by atoms with Gasteiger partial charge in [0.05, 0.1) is 5.02 Å². The molecule has 3 N–H and O–H groups in total. The summed E-state index contributed by atoms with van der Waals surface area (Å²) in [7, 11) is 0. The molecule has 0 amide bonds. The zero-order chi connectivity index (χ0) is 15.0. The van der Waals surface area contributed by atoms with Gasteiger partial charge in [-0.05, 0) is 37.1 Å². The predicted octanol–water partition coefficient (Wildman–Crippen LogP) is 4.26. The van der Waals surface area contributed by atoms with Gasteiger partial charge in [0.1, 0.15) is 11.8 Å². The third-order valence-electron chi connectivity index (χ3n) is 3.71. The maximum atomic E-state index is 6.18. The summed E-state index contributed by atoms with van der Waals surface area (Å²) in [5, 5.41) is 1.58. The van der Waals surface area contributed by atoms with E-state index < -0.39 is 0 Å². The van der Waals surface area contributed by atoms with Crippen LogP contribution in [0.1, 0.15) is 28.5 Å². The SMILES string of the molecule is Cc1ccc(C)c(C(NN)c2cc3cccc(Cl)c3o2)c1. The van der Waals surface area contributed by atoms with Gasteiger partial charge in [-0.3, -0.25) is 5.84 Å². The Bertz CT molecular complexity index is 795. The van der Waals surface area contributed by atoms with Gasteiger partial charge < -0.3 is 4.42 Å². The number of fused-ring (bicyclic) bond motifs is 1. The Hall–Kier alpha value is -1.81.